The van der Waals surface area contributed by atoms with Crippen molar-refractivity contribution in [2.45, 2.75) is 52.9 Å². The summed E-state index contributed by atoms with van der Waals surface area (Å²) in [5, 5.41) is 11.4. The van der Waals surface area contributed by atoms with Gasteiger partial charge in [-0.3, -0.25) is 9.67 Å². The average molecular weight is 370 g/mol. The van der Waals surface area contributed by atoms with Gasteiger partial charge in [-0.15, -0.1) is 0 Å². The molecule has 2 N–H and O–H groups in total. The van der Waals surface area contributed by atoms with Gasteiger partial charge in [0.2, 0.25) is 0 Å². The second kappa shape index (κ2) is 9.07. The van der Waals surface area contributed by atoms with Crippen molar-refractivity contribution >= 4 is 5.96 Å². The lowest BCUT2D eigenvalue weighted by molar-refractivity contribution is 0.508. The quantitative estimate of drug-likeness (QED) is 0.582. The minimum absolute atomic E-state index is 0.0282. The highest BCUT2D eigenvalue weighted by molar-refractivity contribution is 5.79. The maximum Gasteiger partial charge on any atom is 0.191 e. The molecule has 0 bridgehead atoms. The third kappa shape index (κ3) is 5.34. The third-order valence-corrected chi connectivity index (χ3v) is 5.39. The fourth-order valence-corrected chi connectivity index (χ4v) is 3.30. The van der Waals surface area contributed by atoms with Gasteiger partial charge in [0, 0.05) is 38.3 Å². The van der Waals surface area contributed by atoms with Crippen molar-refractivity contribution in [1.82, 2.24) is 20.4 Å². The largest absolute Gasteiger partial charge is 0.356 e. The maximum absolute atomic E-state index is 4.49. The molecule has 5 heteroatoms. The summed E-state index contributed by atoms with van der Waals surface area (Å²) in [6.07, 6.45) is 2.01. The van der Waals surface area contributed by atoms with E-state index in [0.29, 0.717) is 0 Å². The molecule has 0 aliphatic carbocycles. The van der Waals surface area contributed by atoms with Crippen molar-refractivity contribution in [3.05, 3.63) is 52.3 Å². The molecule has 0 unspecified atom stereocenters. The Morgan fingerprint density at radius 1 is 1.15 bits per heavy atom. The first-order valence-electron chi connectivity index (χ1n) is 9.81. The zero-order chi connectivity index (χ0) is 20.0. The summed E-state index contributed by atoms with van der Waals surface area (Å²) < 4.78 is 1.95. The molecule has 148 valence electrons. The summed E-state index contributed by atoms with van der Waals surface area (Å²) in [6.45, 7) is 12.6. The summed E-state index contributed by atoms with van der Waals surface area (Å²) in [6, 6.07) is 8.93. The summed E-state index contributed by atoms with van der Waals surface area (Å²) in [4.78, 5) is 4.37. The van der Waals surface area contributed by atoms with Crippen LogP contribution in [0.15, 0.2) is 29.3 Å². The van der Waals surface area contributed by atoms with Crippen LogP contribution in [0.5, 0.6) is 0 Å². The number of guanidine groups is 1. The van der Waals surface area contributed by atoms with Crippen LogP contribution in [0.25, 0.3) is 0 Å². The first kappa shape index (κ1) is 21.0. The Labute approximate surface area is 164 Å². The standard InChI is InChI=1S/C22H35N5/c1-8-18-9-11-19(12-10-18)22(4,5)15-25-21(23-6)24-14-13-20-16(2)26-27(7)17(20)3/h9-12H,8,13-15H2,1-7H3,(H2,23,24,25). The normalized spacial score (nSPS) is 12.3. The van der Waals surface area contributed by atoms with Gasteiger partial charge in [0.05, 0.1) is 5.69 Å². The second-order valence-electron chi connectivity index (χ2n) is 7.81. The molecule has 5 nitrogen and oxygen atoms in total. The van der Waals surface area contributed by atoms with Gasteiger partial charge in [-0.2, -0.15) is 5.10 Å². The van der Waals surface area contributed by atoms with Crippen molar-refractivity contribution in [2.75, 3.05) is 20.1 Å². The SMILES string of the molecule is CCc1ccc(C(C)(C)CNC(=NC)NCCc2c(C)nn(C)c2C)cc1. The minimum atomic E-state index is 0.0282. The minimum Gasteiger partial charge on any atom is -0.356 e. The summed E-state index contributed by atoms with van der Waals surface area (Å²) in [5.41, 5.74) is 6.40. The molecule has 0 amide bonds. The van der Waals surface area contributed by atoms with E-state index in [1.54, 1.807) is 0 Å². The Morgan fingerprint density at radius 2 is 1.81 bits per heavy atom. The van der Waals surface area contributed by atoms with Gasteiger partial charge in [0.25, 0.3) is 0 Å². The van der Waals surface area contributed by atoms with E-state index in [4.69, 9.17) is 0 Å². The highest BCUT2D eigenvalue weighted by atomic mass is 15.3. The van der Waals surface area contributed by atoms with E-state index in [9.17, 15) is 0 Å². The number of aromatic nitrogens is 2. The van der Waals surface area contributed by atoms with E-state index in [2.05, 4.69) is 79.6 Å². The van der Waals surface area contributed by atoms with Crippen LogP contribution in [0, 0.1) is 13.8 Å². The van der Waals surface area contributed by atoms with Crippen LogP contribution in [-0.2, 0) is 25.3 Å². The second-order valence-corrected chi connectivity index (χ2v) is 7.81. The van der Waals surface area contributed by atoms with Gasteiger partial charge in [-0.05, 0) is 43.4 Å². The van der Waals surface area contributed by atoms with Crippen LogP contribution in [0.1, 0.15) is 48.8 Å². The van der Waals surface area contributed by atoms with E-state index in [-0.39, 0.29) is 5.41 Å². The Hall–Kier alpha value is -2.30. The van der Waals surface area contributed by atoms with Crippen molar-refractivity contribution in [3.63, 3.8) is 0 Å². The van der Waals surface area contributed by atoms with E-state index in [0.717, 1.165) is 37.6 Å². The van der Waals surface area contributed by atoms with Crippen LogP contribution in [0.4, 0.5) is 0 Å². The monoisotopic (exact) mass is 369 g/mol. The number of hydrogen-bond donors (Lipinski definition) is 2. The Bertz CT molecular complexity index is 769. The number of nitrogens with one attached hydrogen (secondary N) is 2. The van der Waals surface area contributed by atoms with E-state index in [1.807, 2.05) is 18.8 Å². The van der Waals surface area contributed by atoms with Crippen LogP contribution in [0.3, 0.4) is 0 Å². The molecule has 0 saturated heterocycles. The van der Waals surface area contributed by atoms with Gasteiger partial charge in [-0.1, -0.05) is 45.0 Å². The van der Waals surface area contributed by atoms with Crippen LogP contribution in [0.2, 0.25) is 0 Å². The molecule has 2 rings (SSSR count). The van der Waals surface area contributed by atoms with Gasteiger partial charge < -0.3 is 10.6 Å². The highest BCUT2D eigenvalue weighted by Gasteiger charge is 2.21. The molecule has 27 heavy (non-hydrogen) atoms. The number of aliphatic imine (C=N–C) groups is 1. The lowest BCUT2D eigenvalue weighted by Crippen LogP contribution is -2.44. The van der Waals surface area contributed by atoms with Crippen molar-refractivity contribution in [1.29, 1.82) is 0 Å². The predicted molar refractivity (Wildman–Crippen MR) is 115 cm³/mol. The first-order chi connectivity index (χ1) is 12.8. The zero-order valence-electron chi connectivity index (χ0n) is 18.0. The van der Waals surface area contributed by atoms with Gasteiger partial charge >= 0.3 is 0 Å². The molecular formula is C22H35N5. The highest BCUT2D eigenvalue weighted by Crippen LogP contribution is 2.22. The van der Waals surface area contributed by atoms with Gasteiger partial charge in [0.15, 0.2) is 5.96 Å². The van der Waals surface area contributed by atoms with Crippen molar-refractivity contribution in [2.24, 2.45) is 12.0 Å². The topological polar surface area (TPSA) is 54.2 Å². The molecule has 1 heterocycles. The van der Waals surface area contributed by atoms with E-state index >= 15 is 0 Å². The van der Waals surface area contributed by atoms with Crippen molar-refractivity contribution < 1.29 is 0 Å². The number of nitrogens with zero attached hydrogens (tertiary/aromatic N) is 3. The molecule has 0 fully saturated rings. The van der Waals surface area contributed by atoms with Crippen LogP contribution < -0.4 is 10.6 Å². The number of rotatable bonds is 7. The number of aryl methyl sites for hydroxylation is 3. The maximum atomic E-state index is 4.49. The molecule has 2 aromatic rings. The van der Waals surface area contributed by atoms with Crippen LogP contribution >= 0.6 is 0 Å². The Morgan fingerprint density at radius 3 is 2.33 bits per heavy atom. The summed E-state index contributed by atoms with van der Waals surface area (Å²) in [7, 11) is 3.81. The summed E-state index contributed by atoms with van der Waals surface area (Å²) >= 11 is 0. The van der Waals surface area contributed by atoms with Gasteiger partial charge in [-0.25, -0.2) is 0 Å². The zero-order valence-corrected chi connectivity index (χ0v) is 18.0. The lowest BCUT2D eigenvalue weighted by Gasteiger charge is -2.27. The first-order valence-corrected chi connectivity index (χ1v) is 9.81. The molecule has 0 aliphatic rings. The van der Waals surface area contributed by atoms with Crippen LogP contribution in [-0.4, -0.2) is 35.9 Å². The molecule has 0 spiro atoms. The van der Waals surface area contributed by atoms with Crippen molar-refractivity contribution in [3.8, 4) is 0 Å². The Kier molecular flexibility index (Phi) is 7.05. The third-order valence-electron chi connectivity index (χ3n) is 5.39. The molecule has 0 radical (unpaired) electrons. The molecular weight excluding hydrogens is 334 g/mol. The molecule has 1 aromatic carbocycles. The molecule has 1 aromatic heterocycles. The summed E-state index contributed by atoms with van der Waals surface area (Å²) in [5.74, 6) is 0.840. The van der Waals surface area contributed by atoms with Gasteiger partial charge in [0.1, 0.15) is 0 Å². The number of hydrogen-bond acceptors (Lipinski definition) is 2. The number of benzene rings is 1. The molecule has 0 atom stereocenters. The van der Waals surface area contributed by atoms with E-state index in [1.165, 1.54) is 22.4 Å². The fourth-order valence-electron chi connectivity index (χ4n) is 3.30. The fraction of sp³-hybridized carbons (Fsp3) is 0.545. The smallest absolute Gasteiger partial charge is 0.191 e. The predicted octanol–water partition coefficient (Wildman–Crippen LogP) is 3.28. The Balaban J connectivity index is 1.88. The lowest BCUT2D eigenvalue weighted by atomic mass is 9.84. The molecule has 0 saturated carbocycles. The van der Waals surface area contributed by atoms with E-state index < -0.39 is 0 Å². The average Bonchev–Trinajstić information content (AvgIpc) is 2.90. The molecule has 0 aliphatic heterocycles.